The lowest BCUT2D eigenvalue weighted by Gasteiger charge is -2.49. The molecule has 0 aliphatic carbocycles. The van der Waals surface area contributed by atoms with E-state index in [1.165, 1.54) is 4.90 Å². The van der Waals surface area contributed by atoms with Crippen molar-refractivity contribution in [3.63, 3.8) is 0 Å². The number of hydrogen-bond acceptors (Lipinski definition) is 4. The Hall–Kier alpha value is -2.11. The molecule has 3 saturated heterocycles. The zero-order valence-corrected chi connectivity index (χ0v) is 14.6. The number of hydrogen-bond donors (Lipinski definition) is 1. The summed E-state index contributed by atoms with van der Waals surface area (Å²) >= 11 is 0. The van der Waals surface area contributed by atoms with Crippen molar-refractivity contribution in [1.29, 1.82) is 0 Å². The van der Waals surface area contributed by atoms with Crippen LogP contribution in [0.1, 0.15) is 33.6 Å². The number of anilines is 1. The van der Waals surface area contributed by atoms with Gasteiger partial charge in [0.2, 0.25) is 0 Å². The van der Waals surface area contributed by atoms with Gasteiger partial charge in [-0.25, -0.2) is 0 Å². The van der Waals surface area contributed by atoms with Gasteiger partial charge in [-0.05, 0) is 50.0 Å². The maximum atomic E-state index is 13.1. The van der Waals surface area contributed by atoms with E-state index in [1.54, 1.807) is 12.1 Å². The average Bonchev–Trinajstić information content (AvgIpc) is 2.62. The normalized spacial score (nSPS) is 27.5. The van der Waals surface area contributed by atoms with Crippen molar-refractivity contribution < 1.29 is 9.59 Å². The van der Waals surface area contributed by atoms with Crippen molar-refractivity contribution in [2.24, 2.45) is 5.92 Å². The van der Waals surface area contributed by atoms with Gasteiger partial charge in [-0.1, -0.05) is 12.1 Å². The molecule has 2 amide bonds. The number of nitrogens with zero attached hydrogens (tertiary/aromatic N) is 2. The van der Waals surface area contributed by atoms with Crippen molar-refractivity contribution in [3.8, 4) is 0 Å². The summed E-state index contributed by atoms with van der Waals surface area (Å²) in [4.78, 5) is 30.2. The number of nitrogen functional groups attached to an aromatic ring is 1. The van der Waals surface area contributed by atoms with E-state index in [9.17, 15) is 9.59 Å². The Bertz CT molecular complexity index is 867. The molecule has 2 aromatic carbocycles. The van der Waals surface area contributed by atoms with Crippen LogP contribution in [0.25, 0.3) is 10.8 Å². The zero-order chi connectivity index (χ0) is 16.4. The highest BCUT2D eigenvalue weighted by molar-refractivity contribution is 6.26. The molecule has 4 aliphatic rings. The van der Waals surface area contributed by atoms with Crippen LogP contribution in [-0.2, 0) is 0 Å². The molecule has 25 heavy (non-hydrogen) atoms. The van der Waals surface area contributed by atoms with Crippen molar-refractivity contribution >= 4 is 40.7 Å². The maximum Gasteiger partial charge on any atom is 0.261 e. The zero-order valence-electron chi connectivity index (χ0n) is 13.8. The number of benzene rings is 2. The first-order valence-corrected chi connectivity index (χ1v) is 8.56. The van der Waals surface area contributed by atoms with Crippen molar-refractivity contribution in [2.75, 3.05) is 25.4 Å². The highest BCUT2D eigenvalue weighted by atomic mass is 35.5. The van der Waals surface area contributed by atoms with Crippen LogP contribution in [-0.4, -0.2) is 47.3 Å². The predicted octanol–water partition coefficient (Wildman–Crippen LogP) is 2.53. The summed E-state index contributed by atoms with van der Waals surface area (Å²) in [6.07, 6.45) is 2.14. The van der Waals surface area contributed by atoms with Crippen LogP contribution < -0.4 is 5.73 Å². The summed E-state index contributed by atoms with van der Waals surface area (Å²) in [6.45, 7) is 2.97. The molecule has 4 heterocycles. The minimum atomic E-state index is -0.164. The number of rotatable bonds is 1. The molecule has 3 fully saturated rings. The lowest BCUT2D eigenvalue weighted by atomic mass is 9.81. The van der Waals surface area contributed by atoms with Crippen molar-refractivity contribution in [1.82, 2.24) is 9.80 Å². The van der Waals surface area contributed by atoms with Gasteiger partial charge in [-0.15, -0.1) is 12.4 Å². The lowest BCUT2D eigenvalue weighted by molar-refractivity contribution is 0.00882. The molecular weight excluding hydrogens is 338 g/mol. The molecule has 5 nitrogen and oxygen atoms in total. The smallest absolute Gasteiger partial charge is 0.261 e. The van der Waals surface area contributed by atoms with Gasteiger partial charge in [0.05, 0.1) is 6.04 Å². The quantitative estimate of drug-likeness (QED) is 0.629. The van der Waals surface area contributed by atoms with Gasteiger partial charge in [-0.2, -0.15) is 0 Å². The van der Waals surface area contributed by atoms with E-state index in [4.69, 9.17) is 5.73 Å². The third kappa shape index (κ3) is 2.19. The summed E-state index contributed by atoms with van der Waals surface area (Å²) in [5.41, 5.74) is 7.86. The topological polar surface area (TPSA) is 66.6 Å². The van der Waals surface area contributed by atoms with Crippen LogP contribution in [0.4, 0.5) is 5.69 Å². The van der Waals surface area contributed by atoms with E-state index < -0.39 is 0 Å². The molecule has 4 aliphatic heterocycles. The second-order valence-corrected chi connectivity index (χ2v) is 7.12. The van der Waals surface area contributed by atoms with E-state index in [1.807, 2.05) is 18.2 Å². The van der Waals surface area contributed by atoms with Gasteiger partial charge in [0.15, 0.2) is 0 Å². The van der Waals surface area contributed by atoms with Gasteiger partial charge in [0.25, 0.3) is 11.8 Å². The van der Waals surface area contributed by atoms with E-state index in [0.717, 1.165) is 37.9 Å². The fourth-order valence-corrected chi connectivity index (χ4v) is 4.67. The Balaban J connectivity index is 0.00000157. The summed E-state index contributed by atoms with van der Waals surface area (Å²) < 4.78 is 0. The molecular formula is C19H20ClN3O2. The largest absolute Gasteiger partial charge is 0.398 e. The minimum Gasteiger partial charge on any atom is -0.398 e. The molecule has 2 aromatic rings. The van der Waals surface area contributed by atoms with Gasteiger partial charge in [-0.3, -0.25) is 14.5 Å². The second kappa shape index (κ2) is 5.71. The monoisotopic (exact) mass is 357 g/mol. The van der Waals surface area contributed by atoms with E-state index in [-0.39, 0.29) is 30.3 Å². The van der Waals surface area contributed by atoms with Crippen molar-refractivity contribution in [3.05, 3.63) is 41.5 Å². The van der Waals surface area contributed by atoms with E-state index in [2.05, 4.69) is 4.90 Å². The van der Waals surface area contributed by atoms with E-state index >= 15 is 0 Å². The SMILES string of the molecule is Cl.Nc1ccc2c3c(cccc13)C(=O)N([C@H]1CN3CCC1CC3)C2=O. The van der Waals surface area contributed by atoms with Crippen LogP contribution in [0.2, 0.25) is 0 Å². The predicted molar refractivity (Wildman–Crippen MR) is 99.1 cm³/mol. The number of fused-ring (bicyclic) bond motifs is 3. The van der Waals surface area contributed by atoms with Crippen LogP contribution in [0.3, 0.4) is 0 Å². The number of carbonyl (C=O) groups excluding carboxylic acids is 2. The lowest BCUT2D eigenvalue weighted by Crippen LogP contribution is -2.60. The first kappa shape index (κ1) is 16.4. The first-order valence-electron chi connectivity index (χ1n) is 8.56. The number of halogens is 1. The molecule has 0 unspecified atom stereocenters. The number of piperidine rings is 3. The average molecular weight is 358 g/mol. The molecule has 0 aromatic heterocycles. The Labute approximate surface area is 152 Å². The van der Waals surface area contributed by atoms with Crippen LogP contribution in [0.15, 0.2) is 30.3 Å². The number of imide groups is 1. The fraction of sp³-hybridized carbons (Fsp3) is 0.368. The van der Waals surface area contributed by atoms with Crippen molar-refractivity contribution in [2.45, 2.75) is 18.9 Å². The standard InChI is InChI=1S/C19H19N3O2.ClH/c20-15-5-4-14-17-12(15)2-1-3-13(17)18(23)22(19(14)24)16-10-21-8-6-11(16)7-9-21;/h1-5,11,16H,6-10,20H2;1H/t16-;/m0./s1. The van der Waals surface area contributed by atoms with E-state index in [0.29, 0.717) is 28.1 Å². The molecule has 0 saturated carbocycles. The Morgan fingerprint density at radius 1 is 0.960 bits per heavy atom. The van der Waals surface area contributed by atoms with Gasteiger partial charge < -0.3 is 10.6 Å². The first-order chi connectivity index (χ1) is 11.6. The molecule has 2 bridgehead atoms. The second-order valence-electron chi connectivity index (χ2n) is 7.12. The van der Waals surface area contributed by atoms with Gasteiger partial charge >= 0.3 is 0 Å². The third-order valence-corrected chi connectivity index (χ3v) is 5.93. The number of carbonyl (C=O) groups is 2. The molecule has 1 atom stereocenters. The minimum absolute atomic E-state index is 0. The maximum absolute atomic E-state index is 13.1. The third-order valence-electron chi connectivity index (χ3n) is 5.93. The Morgan fingerprint density at radius 3 is 2.28 bits per heavy atom. The highest BCUT2D eigenvalue weighted by Gasteiger charge is 2.44. The van der Waals surface area contributed by atoms with Crippen LogP contribution in [0, 0.1) is 5.92 Å². The molecule has 2 N–H and O–H groups in total. The molecule has 0 radical (unpaired) electrons. The number of amides is 2. The summed E-state index contributed by atoms with van der Waals surface area (Å²) in [5, 5.41) is 1.50. The molecule has 130 valence electrons. The summed E-state index contributed by atoms with van der Waals surface area (Å²) in [7, 11) is 0. The number of nitrogens with two attached hydrogens (primary N) is 1. The molecule has 0 spiro atoms. The molecule has 6 heteroatoms. The van der Waals surface area contributed by atoms with Gasteiger partial charge in [0.1, 0.15) is 0 Å². The fourth-order valence-electron chi connectivity index (χ4n) is 4.67. The Kier molecular flexibility index (Phi) is 3.74. The summed E-state index contributed by atoms with van der Waals surface area (Å²) in [5.74, 6) is 0.0994. The van der Waals surface area contributed by atoms with Crippen LogP contribution >= 0.6 is 12.4 Å². The Morgan fingerprint density at radius 2 is 1.64 bits per heavy atom. The van der Waals surface area contributed by atoms with Crippen LogP contribution in [0.5, 0.6) is 0 Å². The molecule has 6 rings (SSSR count). The summed E-state index contributed by atoms with van der Waals surface area (Å²) in [6, 6.07) is 9.07. The van der Waals surface area contributed by atoms with Gasteiger partial charge in [0, 0.05) is 34.1 Å². The highest BCUT2D eigenvalue weighted by Crippen LogP contribution is 2.38.